The molecule has 0 spiro atoms. The summed E-state index contributed by atoms with van der Waals surface area (Å²) in [5.74, 6) is 1.06. The van der Waals surface area contributed by atoms with Gasteiger partial charge in [-0.25, -0.2) is 13.1 Å². The first-order valence-electron chi connectivity index (χ1n) is 10.6. The molecule has 3 heterocycles. The molecule has 1 amide bonds. The Hall–Kier alpha value is -2.76. The molecule has 1 aliphatic heterocycles. The zero-order valence-electron chi connectivity index (χ0n) is 18.2. The predicted octanol–water partition coefficient (Wildman–Crippen LogP) is 1.84. The molecule has 10 nitrogen and oxygen atoms in total. The minimum atomic E-state index is -3.89. The molecule has 0 bridgehead atoms. The Balaban J connectivity index is 1.54. The Morgan fingerprint density at radius 2 is 2.12 bits per heavy atom. The number of nitrogens with one attached hydrogen (secondary N) is 1. The summed E-state index contributed by atoms with van der Waals surface area (Å²) in [6.07, 6.45) is 1.96. The zero-order valence-corrected chi connectivity index (χ0v) is 19.0. The number of methoxy groups -OCH3 is 1. The summed E-state index contributed by atoms with van der Waals surface area (Å²) in [5.41, 5.74) is 1.20. The Labute approximate surface area is 186 Å². The minimum absolute atomic E-state index is 0.102. The summed E-state index contributed by atoms with van der Waals surface area (Å²) in [7, 11) is -2.29. The van der Waals surface area contributed by atoms with Gasteiger partial charge in [-0.15, -0.1) is 5.10 Å². The van der Waals surface area contributed by atoms with Crippen molar-refractivity contribution in [3.8, 4) is 0 Å². The van der Waals surface area contributed by atoms with Crippen LogP contribution in [0.2, 0.25) is 0 Å². The lowest BCUT2D eigenvalue weighted by atomic mass is 10.0. The van der Waals surface area contributed by atoms with Crippen LogP contribution in [0.3, 0.4) is 0 Å². The second-order valence-corrected chi connectivity index (χ2v) is 9.70. The van der Waals surface area contributed by atoms with Crippen LogP contribution in [0.15, 0.2) is 39.6 Å². The van der Waals surface area contributed by atoms with Crippen molar-refractivity contribution in [1.82, 2.24) is 24.6 Å². The Morgan fingerprint density at radius 3 is 2.88 bits per heavy atom. The molecular formula is C21H27N5O5S. The number of carbonyl (C=O) groups is 1. The molecule has 0 aliphatic carbocycles. The lowest BCUT2D eigenvalue weighted by molar-refractivity contribution is -0.125. The van der Waals surface area contributed by atoms with Crippen molar-refractivity contribution >= 4 is 27.0 Å². The number of hydrogen-bond acceptors (Lipinski definition) is 7. The summed E-state index contributed by atoms with van der Waals surface area (Å²) in [5, 5.41) is 11.0. The summed E-state index contributed by atoms with van der Waals surface area (Å²) < 4.78 is 40.4. The van der Waals surface area contributed by atoms with Gasteiger partial charge in [-0.3, -0.25) is 4.79 Å². The lowest BCUT2D eigenvalue weighted by Gasteiger charge is -2.33. The maximum atomic E-state index is 13.5. The fraction of sp³-hybridized carbons (Fsp3) is 0.476. The van der Waals surface area contributed by atoms with E-state index >= 15 is 0 Å². The number of benzene rings is 1. The number of nitrogens with zero attached hydrogens (tertiary/aromatic N) is 4. The smallest absolute Gasteiger partial charge is 0.243 e. The fourth-order valence-corrected chi connectivity index (χ4v) is 5.59. The van der Waals surface area contributed by atoms with Crippen LogP contribution in [0.1, 0.15) is 30.8 Å². The Kier molecular flexibility index (Phi) is 6.58. The van der Waals surface area contributed by atoms with Crippen LogP contribution in [0.25, 0.3) is 11.0 Å². The van der Waals surface area contributed by atoms with Crippen molar-refractivity contribution in [3.05, 3.63) is 41.9 Å². The second kappa shape index (κ2) is 9.39. The van der Waals surface area contributed by atoms with Crippen LogP contribution in [0.5, 0.6) is 0 Å². The third-order valence-corrected chi connectivity index (χ3v) is 7.49. The van der Waals surface area contributed by atoms with E-state index in [1.165, 1.54) is 10.4 Å². The van der Waals surface area contributed by atoms with Crippen LogP contribution in [-0.4, -0.2) is 59.9 Å². The van der Waals surface area contributed by atoms with E-state index in [9.17, 15) is 13.2 Å². The third-order valence-electron chi connectivity index (χ3n) is 5.59. The first-order valence-corrected chi connectivity index (χ1v) is 12.0. The number of ether oxygens (including phenoxy) is 1. The Morgan fingerprint density at radius 1 is 1.28 bits per heavy atom. The summed E-state index contributed by atoms with van der Waals surface area (Å²) in [4.78, 5) is 13.0. The molecule has 1 atom stereocenters. The first kappa shape index (κ1) is 22.4. The highest BCUT2D eigenvalue weighted by molar-refractivity contribution is 7.89. The van der Waals surface area contributed by atoms with E-state index in [4.69, 9.17) is 9.15 Å². The standard InChI is InChI=1S/C21H27N5O5S/c1-15-6-7-16(31-15)14-22-21(27)20-5-3-4-10-26(20)32(28,29)17-8-9-19-18(13-17)23-24-25(19)11-12-30-2/h6-9,13,20H,3-5,10-12,14H2,1-2H3,(H,22,27). The maximum Gasteiger partial charge on any atom is 0.243 e. The average Bonchev–Trinajstić information content (AvgIpc) is 3.41. The molecule has 172 valence electrons. The molecule has 1 N–H and O–H groups in total. The highest BCUT2D eigenvalue weighted by Gasteiger charge is 2.37. The van der Waals surface area contributed by atoms with Gasteiger partial charge in [0.05, 0.1) is 30.1 Å². The van der Waals surface area contributed by atoms with E-state index in [1.54, 1.807) is 30.0 Å². The average molecular weight is 462 g/mol. The lowest BCUT2D eigenvalue weighted by Crippen LogP contribution is -2.51. The molecule has 1 aliphatic rings. The van der Waals surface area contributed by atoms with Gasteiger partial charge >= 0.3 is 0 Å². The number of sulfonamides is 1. The molecule has 4 rings (SSSR count). The number of rotatable bonds is 8. The van der Waals surface area contributed by atoms with Gasteiger partial charge in [0.2, 0.25) is 15.9 Å². The highest BCUT2D eigenvalue weighted by Crippen LogP contribution is 2.27. The van der Waals surface area contributed by atoms with E-state index in [2.05, 4.69) is 15.6 Å². The van der Waals surface area contributed by atoms with Gasteiger partial charge in [0.1, 0.15) is 23.1 Å². The van der Waals surface area contributed by atoms with Gasteiger partial charge in [-0.1, -0.05) is 11.6 Å². The molecule has 2 aromatic heterocycles. The molecule has 0 saturated carbocycles. The normalized spacial score (nSPS) is 17.6. The van der Waals surface area contributed by atoms with Gasteiger partial charge in [-0.2, -0.15) is 4.31 Å². The second-order valence-electron chi connectivity index (χ2n) is 7.81. The molecule has 11 heteroatoms. The first-order chi connectivity index (χ1) is 15.4. The third kappa shape index (κ3) is 4.54. The minimum Gasteiger partial charge on any atom is -0.465 e. The zero-order chi connectivity index (χ0) is 22.7. The van der Waals surface area contributed by atoms with Gasteiger partial charge in [0.25, 0.3) is 0 Å². The highest BCUT2D eigenvalue weighted by atomic mass is 32.2. The van der Waals surface area contributed by atoms with Crippen molar-refractivity contribution in [2.24, 2.45) is 0 Å². The quantitative estimate of drug-likeness (QED) is 0.543. The number of piperidine rings is 1. The van der Waals surface area contributed by atoms with E-state index in [-0.39, 0.29) is 17.3 Å². The van der Waals surface area contributed by atoms with Crippen LogP contribution < -0.4 is 5.32 Å². The van der Waals surface area contributed by atoms with Crippen LogP contribution in [-0.2, 0) is 32.6 Å². The van der Waals surface area contributed by atoms with Gasteiger partial charge < -0.3 is 14.5 Å². The number of aromatic nitrogens is 3. The number of hydrogen-bond donors (Lipinski definition) is 1. The largest absolute Gasteiger partial charge is 0.465 e. The summed E-state index contributed by atoms with van der Waals surface area (Å²) >= 11 is 0. The molecule has 1 saturated heterocycles. The topological polar surface area (TPSA) is 120 Å². The number of aryl methyl sites for hydroxylation is 1. The van der Waals surface area contributed by atoms with Crippen molar-refractivity contribution < 1.29 is 22.4 Å². The van der Waals surface area contributed by atoms with E-state index in [1.807, 2.05) is 13.0 Å². The van der Waals surface area contributed by atoms with Gasteiger partial charge in [0, 0.05) is 13.7 Å². The maximum absolute atomic E-state index is 13.5. The van der Waals surface area contributed by atoms with Gasteiger partial charge in [0.15, 0.2) is 0 Å². The van der Waals surface area contributed by atoms with E-state index in [0.29, 0.717) is 43.8 Å². The van der Waals surface area contributed by atoms with Crippen molar-refractivity contribution in [2.45, 2.75) is 50.2 Å². The van der Waals surface area contributed by atoms with Crippen LogP contribution >= 0.6 is 0 Å². The Bertz CT molecular complexity index is 1200. The molecule has 32 heavy (non-hydrogen) atoms. The molecule has 1 aromatic carbocycles. The van der Waals surface area contributed by atoms with Crippen LogP contribution in [0, 0.1) is 6.92 Å². The van der Waals surface area contributed by atoms with Crippen molar-refractivity contribution in [3.63, 3.8) is 0 Å². The van der Waals surface area contributed by atoms with E-state index in [0.717, 1.165) is 17.7 Å². The number of amides is 1. The predicted molar refractivity (Wildman–Crippen MR) is 116 cm³/mol. The molecule has 0 radical (unpaired) electrons. The summed E-state index contributed by atoms with van der Waals surface area (Å²) in [6, 6.07) is 7.59. The number of fused-ring (bicyclic) bond motifs is 1. The molecular weight excluding hydrogens is 434 g/mol. The molecule has 1 fully saturated rings. The summed E-state index contributed by atoms with van der Waals surface area (Å²) in [6.45, 7) is 3.32. The van der Waals surface area contributed by atoms with E-state index < -0.39 is 16.1 Å². The molecule has 1 unspecified atom stereocenters. The van der Waals surface area contributed by atoms with Crippen molar-refractivity contribution in [1.29, 1.82) is 0 Å². The number of furan rings is 1. The molecule has 3 aromatic rings. The fourth-order valence-electron chi connectivity index (χ4n) is 3.92. The number of carbonyl (C=O) groups excluding carboxylic acids is 1. The van der Waals surface area contributed by atoms with Crippen molar-refractivity contribution in [2.75, 3.05) is 20.3 Å². The van der Waals surface area contributed by atoms with Crippen LogP contribution in [0.4, 0.5) is 0 Å². The SMILES string of the molecule is COCCn1nnc2cc(S(=O)(=O)N3CCCCC3C(=O)NCc3ccc(C)o3)ccc21. The monoisotopic (exact) mass is 461 g/mol. The van der Waals surface area contributed by atoms with Gasteiger partial charge in [-0.05, 0) is 50.1 Å².